The molecule has 0 fully saturated rings. The summed E-state index contributed by atoms with van der Waals surface area (Å²) in [5.74, 6) is -0.124. The molecule has 2 aliphatic rings. The second kappa shape index (κ2) is 5.69. The van der Waals surface area contributed by atoms with E-state index in [1.807, 2.05) is 0 Å². The third kappa shape index (κ3) is 2.67. The topological polar surface area (TPSA) is 80.4 Å². The summed E-state index contributed by atoms with van der Waals surface area (Å²) in [6, 6.07) is 6.64. The van der Waals surface area contributed by atoms with Gasteiger partial charge < -0.3 is 4.74 Å². The summed E-state index contributed by atoms with van der Waals surface area (Å²) in [6.07, 6.45) is 6.00. The van der Waals surface area contributed by atoms with E-state index in [1.54, 1.807) is 43.5 Å². The second-order valence-corrected chi connectivity index (χ2v) is 4.53. The number of nitrogens with zero attached hydrogens (tertiary/aromatic N) is 3. The van der Waals surface area contributed by atoms with Crippen LogP contribution in [-0.4, -0.2) is 36.7 Å². The van der Waals surface area contributed by atoms with Gasteiger partial charge in [0.25, 0.3) is 11.8 Å². The molecule has 1 heterocycles. The van der Waals surface area contributed by atoms with Crippen molar-refractivity contribution in [2.24, 2.45) is 15.0 Å². The van der Waals surface area contributed by atoms with Gasteiger partial charge in [-0.1, -0.05) is 0 Å². The summed E-state index contributed by atoms with van der Waals surface area (Å²) in [5, 5.41) is 0. The Hall–Kier alpha value is -3.15. The lowest BCUT2D eigenvalue weighted by Gasteiger charge is -2.10. The van der Waals surface area contributed by atoms with E-state index < -0.39 is 5.91 Å². The van der Waals surface area contributed by atoms with Crippen LogP contribution >= 0.6 is 0 Å². The molecule has 6 heteroatoms. The Morgan fingerprint density at radius 2 is 1.95 bits per heavy atom. The Balaban J connectivity index is 1.86. The summed E-state index contributed by atoms with van der Waals surface area (Å²) in [7, 11) is 1.55. The van der Waals surface area contributed by atoms with Crippen molar-refractivity contribution in [2.45, 2.75) is 0 Å². The van der Waals surface area contributed by atoms with Crippen molar-refractivity contribution in [3.8, 4) is 5.75 Å². The van der Waals surface area contributed by atoms with E-state index in [0.717, 1.165) is 0 Å². The van der Waals surface area contributed by atoms with Crippen LogP contribution in [0.15, 0.2) is 63.0 Å². The van der Waals surface area contributed by atoms with E-state index in [9.17, 15) is 9.59 Å². The average Bonchev–Trinajstić information content (AvgIpc) is 2.55. The summed E-state index contributed by atoms with van der Waals surface area (Å²) < 4.78 is 5.04. The van der Waals surface area contributed by atoms with Crippen molar-refractivity contribution in [1.82, 2.24) is 0 Å². The number of allylic oxidation sites excluding steroid dienone is 3. The number of methoxy groups -OCH3 is 1. The van der Waals surface area contributed by atoms with Gasteiger partial charge in [-0.15, -0.1) is 0 Å². The normalized spacial score (nSPS) is 17.9. The zero-order chi connectivity index (χ0) is 15.5. The zero-order valence-corrected chi connectivity index (χ0v) is 11.7. The van der Waals surface area contributed by atoms with E-state index in [1.165, 1.54) is 12.4 Å². The predicted octanol–water partition coefficient (Wildman–Crippen LogP) is 1.78. The molecular weight excluding hydrogens is 282 g/mol. The maximum Gasteiger partial charge on any atom is 0.280 e. The number of carbonyl (C=O) groups excluding carboxylic acids is 2. The number of amides is 2. The highest BCUT2D eigenvalue weighted by Gasteiger charge is 2.20. The molecule has 108 valence electrons. The molecular formula is C16H11N3O3. The number of hydrogen-bond donors (Lipinski definition) is 0. The molecule has 6 nitrogen and oxygen atoms in total. The molecule has 0 N–H and O–H groups in total. The lowest BCUT2D eigenvalue weighted by atomic mass is 10.0. The first-order valence-electron chi connectivity index (χ1n) is 6.49. The number of rotatable bonds is 2. The fourth-order valence-corrected chi connectivity index (χ4v) is 2.01. The molecule has 1 aromatic rings. The van der Waals surface area contributed by atoms with Crippen LogP contribution in [0.3, 0.4) is 0 Å². The maximum atomic E-state index is 12.1. The van der Waals surface area contributed by atoms with Crippen LogP contribution in [-0.2, 0) is 4.79 Å². The van der Waals surface area contributed by atoms with Crippen molar-refractivity contribution in [3.05, 3.63) is 53.6 Å². The molecule has 0 bridgehead atoms. The number of fused-ring (bicyclic) bond motifs is 1. The zero-order valence-electron chi connectivity index (χ0n) is 11.7. The van der Waals surface area contributed by atoms with Crippen molar-refractivity contribution in [3.63, 3.8) is 0 Å². The quantitative estimate of drug-likeness (QED) is 0.779. The van der Waals surface area contributed by atoms with Crippen LogP contribution in [0, 0.1) is 0 Å². The summed E-state index contributed by atoms with van der Waals surface area (Å²) in [5.41, 5.74) is 1.69. The Kier molecular flexibility index (Phi) is 3.57. The molecule has 2 amide bonds. The molecule has 1 aliphatic carbocycles. The Morgan fingerprint density at radius 3 is 2.68 bits per heavy atom. The Bertz CT molecular complexity index is 796. The molecule has 0 atom stereocenters. The first-order valence-corrected chi connectivity index (χ1v) is 6.49. The smallest absolute Gasteiger partial charge is 0.280 e. The predicted molar refractivity (Wildman–Crippen MR) is 82.9 cm³/mol. The maximum absolute atomic E-state index is 12.1. The molecule has 0 aromatic heterocycles. The first-order chi connectivity index (χ1) is 10.7. The number of hydrogen-bond acceptors (Lipinski definition) is 4. The number of carbonyl (C=O) groups is 2. The number of ether oxygens (including phenoxy) is 1. The van der Waals surface area contributed by atoms with E-state index in [2.05, 4.69) is 15.0 Å². The van der Waals surface area contributed by atoms with Crippen LogP contribution in [0.4, 0.5) is 0 Å². The van der Waals surface area contributed by atoms with Crippen LogP contribution < -0.4 is 4.74 Å². The third-order valence-corrected chi connectivity index (χ3v) is 3.15. The summed E-state index contributed by atoms with van der Waals surface area (Å²) in [4.78, 5) is 35.4. The standard InChI is InChI=1S/C16H11N3O3/c1-22-12-5-2-10(3-6-12)15(20)19-11-4-7-14-13(8-11)16(21)18-9-17-14/h2-9H,1H3. The van der Waals surface area contributed by atoms with Crippen LogP contribution in [0.2, 0.25) is 0 Å². The minimum absolute atomic E-state index is 0.339. The molecule has 22 heavy (non-hydrogen) atoms. The molecule has 0 unspecified atom stereocenters. The molecule has 1 aromatic carbocycles. The van der Waals surface area contributed by atoms with Crippen molar-refractivity contribution >= 4 is 29.6 Å². The molecule has 0 saturated heterocycles. The molecule has 3 rings (SSSR count). The van der Waals surface area contributed by atoms with Crippen LogP contribution in [0.25, 0.3) is 0 Å². The lowest BCUT2D eigenvalue weighted by Crippen LogP contribution is -2.18. The van der Waals surface area contributed by atoms with Gasteiger partial charge in [-0.3, -0.25) is 9.59 Å². The Morgan fingerprint density at radius 1 is 1.18 bits per heavy atom. The van der Waals surface area contributed by atoms with Gasteiger partial charge in [0.2, 0.25) is 0 Å². The van der Waals surface area contributed by atoms with Gasteiger partial charge >= 0.3 is 0 Å². The molecule has 1 aliphatic heterocycles. The highest BCUT2D eigenvalue weighted by atomic mass is 16.5. The highest BCUT2D eigenvalue weighted by molar-refractivity contribution is 6.36. The highest BCUT2D eigenvalue weighted by Crippen LogP contribution is 2.15. The first kappa shape index (κ1) is 13.8. The fraction of sp³-hybridized carbons (Fsp3) is 0.0625. The summed E-state index contributed by atoms with van der Waals surface area (Å²) >= 11 is 0. The van der Waals surface area contributed by atoms with Gasteiger partial charge in [-0.2, -0.15) is 4.99 Å². The SMILES string of the molecule is COc1ccc(C(=O)N=C2C=CC3=NC=NC(=O)C3=C2)cc1. The van der Waals surface area contributed by atoms with E-state index >= 15 is 0 Å². The van der Waals surface area contributed by atoms with E-state index in [4.69, 9.17) is 4.74 Å². The third-order valence-electron chi connectivity index (χ3n) is 3.15. The second-order valence-electron chi connectivity index (χ2n) is 4.53. The lowest BCUT2D eigenvalue weighted by molar-refractivity contribution is -0.113. The monoisotopic (exact) mass is 293 g/mol. The van der Waals surface area contributed by atoms with Crippen molar-refractivity contribution in [1.29, 1.82) is 0 Å². The molecule has 0 radical (unpaired) electrons. The minimum Gasteiger partial charge on any atom is -0.497 e. The molecule has 0 spiro atoms. The van der Waals surface area contributed by atoms with Gasteiger partial charge in [0.1, 0.15) is 12.1 Å². The minimum atomic E-state index is -0.397. The van der Waals surface area contributed by atoms with Crippen LogP contribution in [0.1, 0.15) is 10.4 Å². The van der Waals surface area contributed by atoms with Gasteiger partial charge in [0, 0.05) is 5.56 Å². The van der Waals surface area contributed by atoms with Crippen molar-refractivity contribution < 1.29 is 14.3 Å². The van der Waals surface area contributed by atoms with E-state index in [-0.39, 0.29) is 5.91 Å². The van der Waals surface area contributed by atoms with Gasteiger partial charge in [0.05, 0.1) is 24.1 Å². The van der Waals surface area contributed by atoms with Gasteiger partial charge in [-0.05, 0) is 42.5 Å². The summed E-state index contributed by atoms with van der Waals surface area (Å²) in [6.45, 7) is 0. The number of benzene rings is 1. The fourth-order valence-electron chi connectivity index (χ4n) is 2.01. The number of aliphatic imine (C=N–C) groups is 3. The largest absolute Gasteiger partial charge is 0.497 e. The van der Waals surface area contributed by atoms with Crippen LogP contribution in [0.5, 0.6) is 5.75 Å². The Labute approximate surface area is 126 Å². The van der Waals surface area contributed by atoms with Crippen molar-refractivity contribution in [2.75, 3.05) is 7.11 Å². The van der Waals surface area contributed by atoms with Gasteiger partial charge in [0.15, 0.2) is 0 Å². The van der Waals surface area contributed by atoms with E-state index in [0.29, 0.717) is 28.3 Å². The van der Waals surface area contributed by atoms with Gasteiger partial charge in [-0.25, -0.2) is 9.98 Å². The molecule has 0 saturated carbocycles. The average molecular weight is 293 g/mol.